The largest absolute Gasteiger partial charge is 0.394 e. The molecule has 1 heterocycles. The second kappa shape index (κ2) is 30.6. The van der Waals surface area contributed by atoms with Gasteiger partial charge in [0.05, 0.1) is 25.4 Å². The van der Waals surface area contributed by atoms with Crippen molar-refractivity contribution in [2.24, 2.45) is 5.92 Å². The Morgan fingerprint density at radius 3 is 1.66 bits per heavy atom. The lowest BCUT2D eigenvalue weighted by Crippen LogP contribution is -2.60. The SMILES string of the molecule is CCCCCCCCCCCCCCCCCC(=O)N[C@@H](CO[C@@H]1O[C@H](CO)[C@H](O)[C@H](O)[C@H]1O)[C@H](O)[C@H](O)CCCCCCCCC(C)CC. The van der Waals surface area contributed by atoms with E-state index in [4.69, 9.17) is 9.47 Å². The molecule has 1 amide bonds. The molecule has 0 spiro atoms. The highest BCUT2D eigenvalue weighted by Crippen LogP contribution is 2.23. The first-order valence-electron chi connectivity index (χ1n) is 20.7. The van der Waals surface area contributed by atoms with Gasteiger partial charge in [-0.05, 0) is 18.8 Å². The smallest absolute Gasteiger partial charge is 0.220 e. The van der Waals surface area contributed by atoms with Crippen molar-refractivity contribution in [3.63, 3.8) is 0 Å². The number of hydrogen-bond acceptors (Lipinski definition) is 9. The number of hydrogen-bond donors (Lipinski definition) is 7. The topological polar surface area (TPSA) is 169 Å². The van der Waals surface area contributed by atoms with Crippen LogP contribution in [0.25, 0.3) is 0 Å². The highest BCUT2D eigenvalue weighted by molar-refractivity contribution is 5.76. The molecule has 0 aromatic carbocycles. The molecule has 0 aromatic rings. The van der Waals surface area contributed by atoms with E-state index in [0.29, 0.717) is 6.42 Å². The molecule has 0 aliphatic carbocycles. The van der Waals surface area contributed by atoms with Crippen LogP contribution in [0.3, 0.4) is 0 Å². The molecule has 1 unspecified atom stereocenters. The number of rotatable bonds is 33. The van der Waals surface area contributed by atoms with Crippen molar-refractivity contribution >= 4 is 5.91 Å². The van der Waals surface area contributed by atoms with Gasteiger partial charge in [-0.3, -0.25) is 4.79 Å². The Bertz CT molecular complexity index is 788. The summed E-state index contributed by atoms with van der Waals surface area (Å²) in [5.74, 6) is 0.513. The van der Waals surface area contributed by atoms with Crippen LogP contribution in [-0.2, 0) is 14.3 Å². The predicted octanol–water partition coefficient (Wildman–Crippen LogP) is 6.44. The summed E-state index contributed by atoms with van der Waals surface area (Å²) >= 11 is 0. The van der Waals surface area contributed by atoms with Crippen molar-refractivity contribution < 1.29 is 44.9 Å². The van der Waals surface area contributed by atoms with Gasteiger partial charge in [-0.25, -0.2) is 0 Å². The zero-order chi connectivity index (χ0) is 37.0. The molecule has 1 rings (SSSR count). The fourth-order valence-electron chi connectivity index (χ4n) is 6.76. The Balaban J connectivity index is 2.45. The van der Waals surface area contributed by atoms with Crippen molar-refractivity contribution in [3.05, 3.63) is 0 Å². The summed E-state index contributed by atoms with van der Waals surface area (Å²) < 4.78 is 11.1. The number of carbonyl (C=O) groups is 1. The second-order valence-corrected chi connectivity index (χ2v) is 15.2. The van der Waals surface area contributed by atoms with E-state index in [1.807, 2.05) is 0 Å². The van der Waals surface area contributed by atoms with Crippen LogP contribution in [0.1, 0.15) is 181 Å². The summed E-state index contributed by atoms with van der Waals surface area (Å²) in [5.41, 5.74) is 0. The first-order valence-corrected chi connectivity index (χ1v) is 20.7. The van der Waals surface area contributed by atoms with E-state index in [1.165, 1.54) is 96.3 Å². The zero-order valence-electron chi connectivity index (χ0n) is 32.2. The van der Waals surface area contributed by atoms with Crippen LogP contribution in [0, 0.1) is 5.92 Å². The molecule has 7 N–H and O–H groups in total. The maximum Gasteiger partial charge on any atom is 0.220 e. The highest BCUT2D eigenvalue weighted by atomic mass is 16.7. The van der Waals surface area contributed by atoms with Crippen LogP contribution in [0.5, 0.6) is 0 Å². The van der Waals surface area contributed by atoms with Gasteiger partial charge in [0.2, 0.25) is 5.91 Å². The van der Waals surface area contributed by atoms with E-state index in [2.05, 4.69) is 26.1 Å². The number of nitrogens with one attached hydrogen (secondary N) is 1. The molecule has 9 atom stereocenters. The average Bonchev–Trinajstić information content (AvgIpc) is 3.11. The van der Waals surface area contributed by atoms with E-state index in [-0.39, 0.29) is 18.9 Å². The molecular formula is C40H79NO9. The van der Waals surface area contributed by atoms with Crippen molar-refractivity contribution in [2.45, 2.75) is 230 Å². The molecule has 10 nitrogen and oxygen atoms in total. The summed E-state index contributed by atoms with van der Waals surface area (Å²) in [5, 5.41) is 64.9. The average molecular weight is 718 g/mol. The van der Waals surface area contributed by atoms with Crippen LogP contribution < -0.4 is 5.32 Å². The van der Waals surface area contributed by atoms with Gasteiger partial charge in [-0.15, -0.1) is 0 Å². The van der Waals surface area contributed by atoms with Crippen LogP contribution in [0.4, 0.5) is 0 Å². The minimum absolute atomic E-state index is 0.259. The number of unbranched alkanes of at least 4 members (excludes halogenated alkanes) is 19. The highest BCUT2D eigenvalue weighted by Gasteiger charge is 2.44. The van der Waals surface area contributed by atoms with Crippen molar-refractivity contribution in [1.29, 1.82) is 0 Å². The van der Waals surface area contributed by atoms with Crippen LogP contribution in [0.2, 0.25) is 0 Å². The normalized spacial score (nSPS) is 23.4. The third kappa shape index (κ3) is 21.6. The molecule has 0 saturated carbocycles. The number of aliphatic hydroxyl groups is 6. The van der Waals surface area contributed by atoms with Gasteiger partial charge in [0, 0.05) is 6.42 Å². The van der Waals surface area contributed by atoms with Gasteiger partial charge in [-0.2, -0.15) is 0 Å². The summed E-state index contributed by atoms with van der Waals surface area (Å²) in [4.78, 5) is 12.9. The maximum absolute atomic E-state index is 12.9. The van der Waals surface area contributed by atoms with E-state index in [9.17, 15) is 35.4 Å². The third-order valence-corrected chi connectivity index (χ3v) is 10.6. The van der Waals surface area contributed by atoms with Crippen molar-refractivity contribution in [3.8, 4) is 0 Å². The quantitative estimate of drug-likeness (QED) is 0.0378. The summed E-state index contributed by atoms with van der Waals surface area (Å²) in [6.45, 7) is 5.87. The molecule has 10 heteroatoms. The molecule has 1 aliphatic heterocycles. The second-order valence-electron chi connectivity index (χ2n) is 15.2. The lowest BCUT2D eigenvalue weighted by Gasteiger charge is -2.40. The molecule has 1 saturated heterocycles. The zero-order valence-corrected chi connectivity index (χ0v) is 32.2. The van der Waals surface area contributed by atoms with E-state index in [0.717, 1.165) is 57.3 Å². The van der Waals surface area contributed by atoms with Crippen LogP contribution in [0.15, 0.2) is 0 Å². The summed E-state index contributed by atoms with van der Waals surface area (Å²) in [6.07, 6.45) is 18.4. The van der Waals surface area contributed by atoms with E-state index in [1.54, 1.807) is 0 Å². The lowest BCUT2D eigenvalue weighted by molar-refractivity contribution is -0.303. The molecular weight excluding hydrogens is 638 g/mol. The Morgan fingerprint density at radius 1 is 0.680 bits per heavy atom. The summed E-state index contributed by atoms with van der Waals surface area (Å²) in [7, 11) is 0. The fraction of sp³-hybridized carbons (Fsp3) is 0.975. The Morgan fingerprint density at radius 2 is 1.16 bits per heavy atom. The van der Waals surface area contributed by atoms with Gasteiger partial charge in [-0.1, -0.05) is 162 Å². The standard InChI is InChI=1S/C40H79NO9/c1-4-6-7-8-9-10-11-12-13-14-15-16-17-22-25-28-35(44)41-32(30-49-40-39(48)38(47)37(46)34(29-42)50-40)36(45)33(43)27-24-21-19-18-20-23-26-31(3)5-2/h31-34,36-40,42-43,45-48H,4-30H2,1-3H3,(H,41,44)/t31?,32-,33+,34+,36-,37-,38-,39+,40+/m0/s1. The van der Waals surface area contributed by atoms with Crippen LogP contribution >= 0.6 is 0 Å². The molecule has 0 bridgehead atoms. The van der Waals surface area contributed by atoms with Gasteiger partial charge < -0.3 is 45.4 Å². The number of amides is 1. The van der Waals surface area contributed by atoms with E-state index < -0.39 is 55.6 Å². The van der Waals surface area contributed by atoms with Gasteiger partial charge in [0.1, 0.15) is 30.5 Å². The van der Waals surface area contributed by atoms with Gasteiger partial charge in [0.15, 0.2) is 6.29 Å². The minimum atomic E-state index is -1.60. The molecule has 0 aromatic heterocycles. The Labute approximate surface area is 305 Å². The molecule has 50 heavy (non-hydrogen) atoms. The molecule has 1 fully saturated rings. The Hall–Kier alpha value is -0.850. The summed E-state index contributed by atoms with van der Waals surface area (Å²) in [6, 6.07) is -0.984. The maximum atomic E-state index is 12.9. The van der Waals surface area contributed by atoms with Gasteiger partial charge >= 0.3 is 0 Å². The fourth-order valence-corrected chi connectivity index (χ4v) is 6.76. The first-order chi connectivity index (χ1) is 24.2. The van der Waals surface area contributed by atoms with Crippen molar-refractivity contribution in [1.82, 2.24) is 5.32 Å². The molecule has 0 radical (unpaired) electrons. The van der Waals surface area contributed by atoms with Crippen LogP contribution in [-0.4, -0.2) is 98.7 Å². The monoisotopic (exact) mass is 718 g/mol. The minimum Gasteiger partial charge on any atom is -0.394 e. The molecule has 1 aliphatic rings. The van der Waals surface area contributed by atoms with Gasteiger partial charge in [0.25, 0.3) is 0 Å². The molecule has 298 valence electrons. The lowest BCUT2D eigenvalue weighted by atomic mass is 9.97. The first kappa shape index (κ1) is 47.2. The number of carbonyl (C=O) groups excluding carboxylic acids is 1. The predicted molar refractivity (Wildman–Crippen MR) is 200 cm³/mol. The number of aliphatic hydroxyl groups excluding tert-OH is 6. The van der Waals surface area contributed by atoms with E-state index >= 15 is 0 Å². The third-order valence-electron chi connectivity index (χ3n) is 10.6. The Kier molecular flexibility index (Phi) is 28.9. The van der Waals surface area contributed by atoms with Crippen molar-refractivity contribution in [2.75, 3.05) is 13.2 Å². The number of ether oxygens (including phenoxy) is 2.